The van der Waals surface area contributed by atoms with Crippen LogP contribution in [0.25, 0.3) is 0 Å². The molecule has 21 heavy (non-hydrogen) atoms. The Kier molecular flexibility index (Phi) is 4.79. The summed E-state index contributed by atoms with van der Waals surface area (Å²) in [6.45, 7) is 1.91. The number of rotatable bonds is 4. The van der Waals surface area contributed by atoms with Crippen molar-refractivity contribution in [3.63, 3.8) is 0 Å². The number of carbonyl (C=O) groups is 3. The second kappa shape index (κ2) is 6.40. The molecule has 1 saturated heterocycles. The Morgan fingerprint density at radius 3 is 2.62 bits per heavy atom. The average molecular weight is 300 g/mol. The van der Waals surface area contributed by atoms with Gasteiger partial charge in [-0.25, -0.2) is 9.59 Å². The molecule has 0 aromatic carbocycles. The summed E-state index contributed by atoms with van der Waals surface area (Å²) in [5, 5.41) is 12.2. The summed E-state index contributed by atoms with van der Waals surface area (Å²) < 4.78 is 5.05. The number of esters is 1. The predicted octanol–water partition coefficient (Wildman–Crippen LogP) is -0.635. The molecule has 2 fully saturated rings. The lowest BCUT2D eigenvalue weighted by Crippen LogP contribution is -2.59. The largest absolute Gasteiger partial charge is 0.464 e. The molecule has 2 atom stereocenters. The molecule has 0 aromatic heterocycles. The summed E-state index contributed by atoms with van der Waals surface area (Å²) in [7, 11) is 0. The van der Waals surface area contributed by atoms with Crippen LogP contribution in [0.5, 0.6) is 0 Å². The third-order valence-electron chi connectivity index (χ3n) is 3.87. The molecule has 8 heteroatoms. The number of nitrogens with one attached hydrogen (secondary N) is 2. The SMILES string of the molecule is CCOC(=O)C1(NC(=O)C2C(=O)ONC2O)CCCCC1. The van der Waals surface area contributed by atoms with E-state index in [4.69, 9.17) is 4.74 Å². The second-order valence-corrected chi connectivity index (χ2v) is 5.31. The first-order valence-corrected chi connectivity index (χ1v) is 7.14. The molecule has 3 N–H and O–H groups in total. The Morgan fingerprint density at radius 2 is 2.10 bits per heavy atom. The van der Waals surface area contributed by atoms with E-state index in [9.17, 15) is 19.5 Å². The summed E-state index contributed by atoms with van der Waals surface area (Å²) in [4.78, 5) is 40.3. The zero-order chi connectivity index (χ0) is 15.5. The molecular weight excluding hydrogens is 280 g/mol. The molecule has 1 saturated carbocycles. The van der Waals surface area contributed by atoms with Crippen LogP contribution in [0.15, 0.2) is 0 Å². The van der Waals surface area contributed by atoms with Gasteiger partial charge in [0.05, 0.1) is 6.61 Å². The number of aliphatic hydroxyl groups excluding tert-OH is 1. The second-order valence-electron chi connectivity index (χ2n) is 5.31. The van der Waals surface area contributed by atoms with Gasteiger partial charge >= 0.3 is 11.9 Å². The first kappa shape index (κ1) is 15.7. The Labute approximate surface area is 122 Å². The molecule has 1 amide bonds. The number of ether oxygens (including phenoxy) is 1. The summed E-state index contributed by atoms with van der Waals surface area (Å²) in [6, 6.07) is 0. The molecule has 0 bridgehead atoms. The van der Waals surface area contributed by atoms with Crippen LogP contribution in [0.4, 0.5) is 0 Å². The fourth-order valence-corrected chi connectivity index (χ4v) is 2.75. The number of hydroxylamine groups is 1. The zero-order valence-corrected chi connectivity index (χ0v) is 11.9. The summed E-state index contributed by atoms with van der Waals surface area (Å²) >= 11 is 0. The highest BCUT2D eigenvalue weighted by atomic mass is 16.7. The van der Waals surface area contributed by atoms with Gasteiger partial charge in [-0.15, -0.1) is 5.48 Å². The Balaban J connectivity index is 2.13. The fraction of sp³-hybridized carbons (Fsp3) is 0.769. The van der Waals surface area contributed by atoms with Crippen molar-refractivity contribution in [2.24, 2.45) is 5.92 Å². The van der Waals surface area contributed by atoms with E-state index in [1.807, 2.05) is 5.48 Å². The molecule has 1 aliphatic heterocycles. The molecule has 1 aliphatic carbocycles. The molecule has 8 nitrogen and oxygen atoms in total. The Morgan fingerprint density at radius 1 is 1.43 bits per heavy atom. The maximum Gasteiger partial charge on any atom is 0.341 e. The van der Waals surface area contributed by atoms with Crippen molar-refractivity contribution >= 4 is 17.8 Å². The van der Waals surface area contributed by atoms with Gasteiger partial charge < -0.3 is 20.0 Å². The maximum atomic E-state index is 12.2. The van der Waals surface area contributed by atoms with E-state index in [1.165, 1.54) is 0 Å². The number of aliphatic hydroxyl groups is 1. The monoisotopic (exact) mass is 300 g/mol. The molecule has 0 spiro atoms. The highest BCUT2D eigenvalue weighted by molar-refractivity contribution is 6.01. The minimum absolute atomic E-state index is 0.214. The quantitative estimate of drug-likeness (QED) is 0.467. The minimum atomic E-state index is -1.42. The first-order chi connectivity index (χ1) is 10.00. The van der Waals surface area contributed by atoms with Crippen molar-refractivity contribution < 1.29 is 29.1 Å². The van der Waals surface area contributed by atoms with Gasteiger partial charge in [-0.2, -0.15) is 0 Å². The van der Waals surface area contributed by atoms with Crippen molar-refractivity contribution in [3.8, 4) is 0 Å². The van der Waals surface area contributed by atoms with Crippen LogP contribution in [-0.4, -0.2) is 41.3 Å². The fourth-order valence-electron chi connectivity index (χ4n) is 2.75. The third kappa shape index (κ3) is 3.16. The molecule has 0 aromatic rings. The van der Waals surface area contributed by atoms with Crippen molar-refractivity contribution in [2.45, 2.75) is 50.8 Å². The van der Waals surface area contributed by atoms with Crippen LogP contribution in [0, 0.1) is 5.92 Å². The molecule has 1 heterocycles. The van der Waals surface area contributed by atoms with Gasteiger partial charge in [0.25, 0.3) is 0 Å². The molecule has 2 unspecified atom stereocenters. The molecule has 2 rings (SSSR count). The topological polar surface area (TPSA) is 114 Å². The summed E-state index contributed by atoms with van der Waals surface area (Å²) in [6.07, 6.45) is 2.06. The number of hydrogen-bond acceptors (Lipinski definition) is 7. The zero-order valence-electron chi connectivity index (χ0n) is 11.9. The van der Waals surface area contributed by atoms with Crippen molar-refractivity contribution in [2.75, 3.05) is 6.61 Å². The number of carbonyl (C=O) groups excluding carboxylic acids is 3. The van der Waals surface area contributed by atoms with Crippen LogP contribution in [0.3, 0.4) is 0 Å². The van der Waals surface area contributed by atoms with Gasteiger partial charge in [-0.05, 0) is 19.8 Å². The molecule has 0 radical (unpaired) electrons. The maximum absolute atomic E-state index is 12.2. The predicted molar refractivity (Wildman–Crippen MR) is 69.3 cm³/mol. The lowest BCUT2D eigenvalue weighted by molar-refractivity contribution is -0.157. The van der Waals surface area contributed by atoms with Crippen LogP contribution in [0.2, 0.25) is 0 Å². The summed E-state index contributed by atoms with van der Waals surface area (Å²) in [5.41, 5.74) is 0.916. The van der Waals surface area contributed by atoms with E-state index in [1.54, 1.807) is 6.92 Å². The molecular formula is C13H20N2O6. The van der Waals surface area contributed by atoms with Crippen molar-refractivity contribution in [1.82, 2.24) is 10.8 Å². The third-order valence-corrected chi connectivity index (χ3v) is 3.87. The molecule has 2 aliphatic rings. The molecule has 118 valence electrons. The van der Waals surface area contributed by atoms with E-state index >= 15 is 0 Å². The van der Waals surface area contributed by atoms with E-state index in [-0.39, 0.29) is 6.61 Å². The van der Waals surface area contributed by atoms with Crippen molar-refractivity contribution in [3.05, 3.63) is 0 Å². The number of amides is 1. The average Bonchev–Trinajstić information content (AvgIpc) is 2.79. The highest BCUT2D eigenvalue weighted by Crippen LogP contribution is 2.30. The van der Waals surface area contributed by atoms with Crippen LogP contribution in [-0.2, 0) is 24.0 Å². The van der Waals surface area contributed by atoms with E-state index in [0.717, 1.165) is 19.3 Å². The Hall–Kier alpha value is -1.67. The summed E-state index contributed by atoms with van der Waals surface area (Å²) in [5.74, 6) is -3.47. The van der Waals surface area contributed by atoms with Crippen molar-refractivity contribution in [1.29, 1.82) is 0 Å². The van der Waals surface area contributed by atoms with Crippen LogP contribution < -0.4 is 10.8 Å². The van der Waals surface area contributed by atoms with Gasteiger partial charge in [0, 0.05) is 0 Å². The van der Waals surface area contributed by atoms with E-state index < -0.39 is 35.5 Å². The standard InChI is InChI=1S/C13H20N2O6/c1-2-20-12(19)13(6-4-3-5-7-13)14-9(16)8-10(17)15-21-11(8)18/h8,10,15,17H,2-7H2,1H3,(H,14,16). The van der Waals surface area contributed by atoms with Gasteiger partial charge in [0.2, 0.25) is 5.91 Å². The minimum Gasteiger partial charge on any atom is -0.464 e. The van der Waals surface area contributed by atoms with E-state index in [2.05, 4.69) is 10.2 Å². The highest BCUT2D eigenvalue weighted by Gasteiger charge is 2.48. The Bertz CT molecular complexity index is 432. The van der Waals surface area contributed by atoms with E-state index in [0.29, 0.717) is 12.8 Å². The van der Waals surface area contributed by atoms with Crippen LogP contribution in [0.1, 0.15) is 39.0 Å². The van der Waals surface area contributed by atoms with Gasteiger partial charge in [0.1, 0.15) is 5.54 Å². The number of hydrogen-bond donors (Lipinski definition) is 3. The lowest BCUT2D eigenvalue weighted by atomic mass is 9.81. The lowest BCUT2D eigenvalue weighted by Gasteiger charge is -2.36. The first-order valence-electron chi connectivity index (χ1n) is 7.14. The normalized spacial score (nSPS) is 27.8. The van der Waals surface area contributed by atoms with Gasteiger partial charge in [-0.1, -0.05) is 19.3 Å². The van der Waals surface area contributed by atoms with Crippen LogP contribution >= 0.6 is 0 Å². The smallest absolute Gasteiger partial charge is 0.341 e. The van der Waals surface area contributed by atoms with Gasteiger partial charge in [0.15, 0.2) is 12.1 Å². The van der Waals surface area contributed by atoms with Gasteiger partial charge in [-0.3, -0.25) is 4.79 Å².